The van der Waals surface area contributed by atoms with Crippen LogP contribution in [0.4, 0.5) is 0 Å². The number of hydrogen-bond acceptors (Lipinski definition) is 1. The smallest absolute Gasteiger partial charge is 0.264 e. The van der Waals surface area contributed by atoms with Crippen molar-refractivity contribution in [2.45, 2.75) is 5.75 Å². The summed E-state index contributed by atoms with van der Waals surface area (Å²) < 4.78 is 12.0. The first-order valence-electron chi connectivity index (χ1n) is 6.77. The number of rotatable bonds is 4. The van der Waals surface area contributed by atoms with Crippen LogP contribution in [-0.2, 0) is 33.6 Å². The second-order valence-electron chi connectivity index (χ2n) is 4.53. The summed E-state index contributed by atoms with van der Waals surface area (Å²) in [5, 5.41) is 0. The third kappa shape index (κ3) is 5.98. The fourth-order valence-electron chi connectivity index (χ4n) is 1.82. The van der Waals surface area contributed by atoms with Crippen LogP contribution in [0.3, 0.4) is 0 Å². The second-order valence-corrected chi connectivity index (χ2v) is 6.01. The van der Waals surface area contributed by atoms with Crippen molar-refractivity contribution in [1.29, 1.82) is 0 Å². The van der Waals surface area contributed by atoms with Crippen LogP contribution >= 0.6 is 0 Å². The molecule has 0 N–H and O–H groups in total. The number of hydrogen-bond donors (Lipinski definition) is 0. The Morgan fingerprint density at radius 1 is 0.955 bits per heavy atom. The van der Waals surface area contributed by atoms with Crippen LogP contribution in [0.15, 0.2) is 91.5 Å². The Hall–Kier alpha value is -1.67. The minimum atomic E-state index is -1.04. The predicted octanol–water partition coefficient (Wildman–Crippen LogP) is 4.73. The van der Waals surface area contributed by atoms with E-state index < -0.39 is 10.8 Å². The van der Waals surface area contributed by atoms with Gasteiger partial charge in [-0.2, -0.15) is 36.4 Å². The van der Waals surface area contributed by atoms with Crippen molar-refractivity contribution >= 4 is 15.7 Å². The fraction of sp³-hybridized carbons (Fsp3) is 0.0526. The van der Waals surface area contributed by atoms with Gasteiger partial charge in [-0.25, -0.2) is 12.1 Å². The molecule has 22 heavy (non-hydrogen) atoms. The van der Waals surface area contributed by atoms with E-state index in [0.717, 1.165) is 11.1 Å². The normalized spacial score (nSPS) is 10.7. The molecular formula is C19H18FeOS. The van der Waals surface area contributed by atoms with Crippen molar-refractivity contribution in [2.24, 2.45) is 0 Å². The van der Waals surface area contributed by atoms with Crippen LogP contribution < -0.4 is 0 Å². The SMILES string of the molecule is C=C(c1ccc[cH-]1)[S@@](=O)Cc1ccccc1.[Fe+2].c1cc[cH-]c1. The van der Waals surface area contributed by atoms with E-state index in [2.05, 4.69) is 6.58 Å². The van der Waals surface area contributed by atoms with Gasteiger partial charge in [0.2, 0.25) is 0 Å². The van der Waals surface area contributed by atoms with Crippen LogP contribution in [0.2, 0.25) is 0 Å². The second kappa shape index (κ2) is 10.1. The van der Waals surface area contributed by atoms with E-state index in [9.17, 15) is 4.21 Å². The molecule has 0 amide bonds. The first-order valence-corrected chi connectivity index (χ1v) is 8.09. The molecule has 0 heterocycles. The van der Waals surface area contributed by atoms with E-state index in [1.807, 2.05) is 84.9 Å². The third-order valence-corrected chi connectivity index (χ3v) is 4.34. The Kier molecular flexibility index (Phi) is 8.46. The van der Waals surface area contributed by atoms with Crippen molar-refractivity contribution in [3.63, 3.8) is 0 Å². The van der Waals surface area contributed by atoms with Gasteiger partial charge < -0.3 is 0 Å². The van der Waals surface area contributed by atoms with Crippen LogP contribution in [0.5, 0.6) is 0 Å². The molecule has 3 aromatic rings. The van der Waals surface area contributed by atoms with E-state index in [1.165, 1.54) is 0 Å². The molecule has 0 bridgehead atoms. The van der Waals surface area contributed by atoms with E-state index in [1.54, 1.807) is 0 Å². The van der Waals surface area contributed by atoms with Gasteiger partial charge in [0, 0.05) is 16.6 Å². The predicted molar refractivity (Wildman–Crippen MR) is 91.4 cm³/mol. The molecule has 0 radical (unpaired) electrons. The summed E-state index contributed by atoms with van der Waals surface area (Å²) in [5.74, 6) is 0.533. The summed E-state index contributed by atoms with van der Waals surface area (Å²) in [6.07, 6.45) is 0. The number of benzene rings is 1. The topological polar surface area (TPSA) is 17.1 Å². The quantitative estimate of drug-likeness (QED) is 0.491. The maximum atomic E-state index is 12.0. The molecule has 0 aliphatic carbocycles. The standard InChI is InChI=1S/C14H13OS.C5H5.Fe/c1-12(14-9-5-6-10-14)16(15)11-13-7-3-2-4-8-13;1-2-4-5-3-1;/h2-10H,1,11H2;1-5H;/q2*-1;+2/t16-;;/m0../s1. The largest absolute Gasteiger partial charge is 2.00 e. The molecule has 3 aromatic carbocycles. The molecular weight excluding hydrogens is 332 g/mol. The molecule has 114 valence electrons. The maximum absolute atomic E-state index is 12.0. The van der Waals surface area contributed by atoms with Gasteiger partial charge in [0.25, 0.3) is 0 Å². The Balaban J connectivity index is 0.000000344. The Labute approximate surface area is 145 Å². The zero-order valence-corrected chi connectivity index (χ0v) is 14.1. The molecule has 0 unspecified atom stereocenters. The minimum absolute atomic E-state index is 0. The summed E-state index contributed by atoms with van der Waals surface area (Å²) in [6, 6.07) is 27.6. The molecule has 0 fully saturated rings. The van der Waals surface area contributed by atoms with Crippen molar-refractivity contribution in [3.8, 4) is 0 Å². The zero-order chi connectivity index (χ0) is 14.9. The van der Waals surface area contributed by atoms with E-state index in [-0.39, 0.29) is 17.1 Å². The van der Waals surface area contributed by atoms with Crippen LogP contribution in [0.1, 0.15) is 11.1 Å². The molecule has 0 aromatic heterocycles. The summed E-state index contributed by atoms with van der Waals surface area (Å²) in [4.78, 5) is 0.703. The molecule has 0 aliphatic heterocycles. The van der Waals surface area contributed by atoms with Crippen LogP contribution in [0.25, 0.3) is 4.91 Å². The molecule has 0 spiro atoms. The van der Waals surface area contributed by atoms with E-state index >= 15 is 0 Å². The Morgan fingerprint density at radius 3 is 2.14 bits per heavy atom. The molecule has 0 saturated carbocycles. The van der Waals surface area contributed by atoms with Gasteiger partial charge in [-0.3, -0.25) is 4.21 Å². The summed E-state index contributed by atoms with van der Waals surface area (Å²) in [7, 11) is -1.04. The molecule has 0 saturated heterocycles. The van der Waals surface area contributed by atoms with Gasteiger partial charge in [0.1, 0.15) is 0 Å². The van der Waals surface area contributed by atoms with Crippen LogP contribution in [0, 0.1) is 0 Å². The summed E-state index contributed by atoms with van der Waals surface area (Å²) in [6.45, 7) is 3.89. The van der Waals surface area contributed by atoms with E-state index in [0.29, 0.717) is 10.7 Å². The van der Waals surface area contributed by atoms with Gasteiger partial charge in [0.05, 0.1) is 0 Å². The van der Waals surface area contributed by atoms with Crippen LogP contribution in [-0.4, -0.2) is 4.21 Å². The van der Waals surface area contributed by atoms with Gasteiger partial charge in [-0.15, -0.1) is 18.2 Å². The van der Waals surface area contributed by atoms with Crippen molar-refractivity contribution in [1.82, 2.24) is 0 Å². The molecule has 3 heteroatoms. The average Bonchev–Trinajstić information content (AvgIpc) is 3.23. The summed E-state index contributed by atoms with van der Waals surface area (Å²) >= 11 is 0. The zero-order valence-electron chi connectivity index (χ0n) is 12.2. The summed E-state index contributed by atoms with van der Waals surface area (Å²) in [5.41, 5.74) is 2.04. The Morgan fingerprint density at radius 2 is 1.64 bits per heavy atom. The van der Waals surface area contributed by atoms with Gasteiger partial charge in [0.15, 0.2) is 0 Å². The molecule has 1 atom stereocenters. The minimum Gasteiger partial charge on any atom is -0.264 e. The Bertz CT molecular complexity index is 638. The molecule has 0 aliphatic rings. The molecule has 3 rings (SSSR count). The van der Waals surface area contributed by atoms with Gasteiger partial charge in [-0.05, 0) is 10.5 Å². The van der Waals surface area contributed by atoms with E-state index in [4.69, 9.17) is 0 Å². The third-order valence-electron chi connectivity index (χ3n) is 2.96. The van der Waals surface area contributed by atoms with Crippen molar-refractivity contribution in [2.75, 3.05) is 0 Å². The first kappa shape index (κ1) is 18.4. The van der Waals surface area contributed by atoms with Crippen molar-refractivity contribution in [3.05, 3.63) is 103 Å². The fourth-order valence-corrected chi connectivity index (χ4v) is 2.89. The van der Waals surface area contributed by atoms with Crippen molar-refractivity contribution < 1.29 is 21.3 Å². The monoisotopic (exact) mass is 350 g/mol. The molecule has 1 nitrogen and oxygen atoms in total. The maximum Gasteiger partial charge on any atom is 2.00 e. The first-order chi connectivity index (χ1) is 10.3. The average molecular weight is 350 g/mol. The van der Waals surface area contributed by atoms with Gasteiger partial charge in [-0.1, -0.05) is 30.3 Å². The van der Waals surface area contributed by atoms with Gasteiger partial charge >= 0.3 is 17.1 Å².